The lowest BCUT2D eigenvalue weighted by Crippen LogP contribution is -2.38. The Kier molecular flexibility index (Phi) is 9.00. The molecule has 1 aromatic heterocycles. The quantitative estimate of drug-likeness (QED) is 0.364. The van der Waals surface area contributed by atoms with Crippen LogP contribution in [0.15, 0.2) is 52.2 Å². The summed E-state index contributed by atoms with van der Waals surface area (Å²) in [6, 6.07) is 12.5. The van der Waals surface area contributed by atoms with Crippen LogP contribution in [0.4, 0.5) is 0 Å². The van der Waals surface area contributed by atoms with Crippen LogP contribution in [-0.4, -0.2) is 54.9 Å². The van der Waals surface area contributed by atoms with Crippen molar-refractivity contribution in [2.75, 3.05) is 32.8 Å². The zero-order chi connectivity index (χ0) is 20.2. The topological polar surface area (TPSA) is 74.9 Å². The Morgan fingerprint density at radius 1 is 1.21 bits per heavy atom. The van der Waals surface area contributed by atoms with Crippen molar-refractivity contribution in [3.63, 3.8) is 0 Å². The maximum Gasteiger partial charge on any atom is 0.191 e. The molecule has 1 aromatic carbocycles. The van der Waals surface area contributed by atoms with Crippen molar-refractivity contribution in [2.24, 2.45) is 4.99 Å². The van der Waals surface area contributed by atoms with E-state index in [0.29, 0.717) is 12.6 Å². The Hall–Kier alpha value is -2.38. The van der Waals surface area contributed by atoms with Crippen molar-refractivity contribution in [3.8, 4) is 0 Å². The van der Waals surface area contributed by atoms with Gasteiger partial charge in [0.2, 0.25) is 0 Å². The van der Waals surface area contributed by atoms with Gasteiger partial charge in [-0.1, -0.05) is 35.5 Å². The minimum atomic E-state index is 0.385. The van der Waals surface area contributed by atoms with Gasteiger partial charge in [-0.2, -0.15) is 0 Å². The molecule has 0 saturated carbocycles. The molecule has 29 heavy (non-hydrogen) atoms. The molecular formula is C22H33N5O2. The van der Waals surface area contributed by atoms with Gasteiger partial charge in [-0.15, -0.1) is 0 Å². The number of hydrogen-bond acceptors (Lipinski definition) is 5. The maximum atomic E-state index is 6.09. The van der Waals surface area contributed by atoms with Crippen LogP contribution in [0.3, 0.4) is 0 Å². The van der Waals surface area contributed by atoms with E-state index in [0.717, 1.165) is 70.2 Å². The standard InChI is InChI=1S/C22H33N5O2/c1-2-23-22(25-17-20-11-16-29-26-20)24-12-6-15-28-21-9-13-27(14-10-21)18-19-7-4-3-5-8-19/h3-5,7-8,11,16,21H,2,6,9-10,12-15,17-18H2,1H3,(H2,23,24,25). The fourth-order valence-electron chi connectivity index (χ4n) is 3.43. The largest absolute Gasteiger partial charge is 0.378 e. The molecule has 2 heterocycles. The molecule has 158 valence electrons. The highest BCUT2D eigenvalue weighted by Gasteiger charge is 2.19. The number of ether oxygens (including phenoxy) is 1. The van der Waals surface area contributed by atoms with Crippen LogP contribution in [0.5, 0.6) is 0 Å². The second-order valence-electron chi connectivity index (χ2n) is 7.30. The summed E-state index contributed by atoms with van der Waals surface area (Å²) in [6.45, 7) is 8.25. The van der Waals surface area contributed by atoms with Gasteiger partial charge in [0.1, 0.15) is 12.0 Å². The van der Waals surface area contributed by atoms with Crippen molar-refractivity contribution < 1.29 is 9.26 Å². The molecule has 0 radical (unpaired) electrons. The van der Waals surface area contributed by atoms with Crippen LogP contribution in [0.25, 0.3) is 0 Å². The molecule has 2 aromatic rings. The van der Waals surface area contributed by atoms with Gasteiger partial charge in [-0.3, -0.25) is 4.90 Å². The lowest BCUT2D eigenvalue weighted by molar-refractivity contribution is 0.00534. The Morgan fingerprint density at radius 3 is 2.76 bits per heavy atom. The number of guanidine groups is 1. The van der Waals surface area contributed by atoms with Gasteiger partial charge in [0.05, 0.1) is 12.6 Å². The lowest BCUT2D eigenvalue weighted by atomic mass is 10.1. The summed E-state index contributed by atoms with van der Waals surface area (Å²) < 4.78 is 10.9. The van der Waals surface area contributed by atoms with E-state index in [-0.39, 0.29) is 0 Å². The van der Waals surface area contributed by atoms with E-state index in [1.54, 1.807) is 6.26 Å². The number of aliphatic imine (C=N–C) groups is 1. The SMILES string of the molecule is CCNC(=NCc1ccon1)NCCCOC1CCN(Cc2ccccc2)CC1. The smallest absolute Gasteiger partial charge is 0.191 e. The summed E-state index contributed by atoms with van der Waals surface area (Å²) in [5.41, 5.74) is 2.21. The summed E-state index contributed by atoms with van der Waals surface area (Å²) in [6.07, 6.45) is 5.13. The Morgan fingerprint density at radius 2 is 2.03 bits per heavy atom. The monoisotopic (exact) mass is 399 g/mol. The van der Waals surface area contributed by atoms with Gasteiger partial charge in [0, 0.05) is 45.4 Å². The number of piperidine rings is 1. The molecule has 0 bridgehead atoms. The van der Waals surface area contributed by atoms with Crippen molar-refractivity contribution in [1.82, 2.24) is 20.7 Å². The molecule has 0 amide bonds. The van der Waals surface area contributed by atoms with Gasteiger partial charge in [0.25, 0.3) is 0 Å². The highest BCUT2D eigenvalue weighted by atomic mass is 16.5. The lowest BCUT2D eigenvalue weighted by Gasteiger charge is -2.32. The fraction of sp³-hybridized carbons (Fsp3) is 0.545. The summed E-state index contributed by atoms with van der Waals surface area (Å²) >= 11 is 0. The number of aromatic nitrogens is 1. The zero-order valence-electron chi connectivity index (χ0n) is 17.3. The predicted octanol–water partition coefficient (Wildman–Crippen LogP) is 2.80. The molecular weight excluding hydrogens is 366 g/mol. The summed E-state index contributed by atoms with van der Waals surface area (Å²) in [4.78, 5) is 7.03. The minimum absolute atomic E-state index is 0.385. The summed E-state index contributed by atoms with van der Waals surface area (Å²) in [5, 5.41) is 10.5. The first-order valence-corrected chi connectivity index (χ1v) is 10.6. The first-order chi connectivity index (χ1) is 14.3. The second kappa shape index (κ2) is 12.2. The molecule has 1 fully saturated rings. The van der Waals surface area contributed by atoms with Gasteiger partial charge in [-0.05, 0) is 31.7 Å². The van der Waals surface area contributed by atoms with E-state index in [1.807, 2.05) is 6.07 Å². The Labute approximate surface area is 173 Å². The molecule has 0 unspecified atom stereocenters. The molecule has 0 atom stereocenters. The van der Waals surface area contributed by atoms with Crippen molar-refractivity contribution in [2.45, 2.75) is 45.4 Å². The molecule has 0 aliphatic carbocycles. The number of nitrogens with zero attached hydrogens (tertiary/aromatic N) is 3. The number of likely N-dealkylation sites (tertiary alicyclic amines) is 1. The highest BCUT2D eigenvalue weighted by Crippen LogP contribution is 2.16. The van der Waals surface area contributed by atoms with E-state index in [4.69, 9.17) is 9.26 Å². The first-order valence-electron chi connectivity index (χ1n) is 10.6. The third kappa shape index (κ3) is 7.87. The van der Waals surface area contributed by atoms with Crippen LogP contribution in [-0.2, 0) is 17.8 Å². The fourth-order valence-corrected chi connectivity index (χ4v) is 3.43. The van der Waals surface area contributed by atoms with Gasteiger partial charge in [-0.25, -0.2) is 4.99 Å². The van der Waals surface area contributed by atoms with E-state index in [2.05, 4.69) is 62.9 Å². The van der Waals surface area contributed by atoms with Crippen LogP contribution in [0, 0.1) is 0 Å². The molecule has 1 aliphatic heterocycles. The third-order valence-electron chi connectivity index (χ3n) is 4.99. The summed E-state index contributed by atoms with van der Waals surface area (Å²) in [5.74, 6) is 0.796. The Balaban J connectivity index is 1.27. The average Bonchev–Trinajstić information content (AvgIpc) is 3.27. The molecule has 0 spiro atoms. The summed E-state index contributed by atoms with van der Waals surface area (Å²) in [7, 11) is 0. The van der Waals surface area contributed by atoms with E-state index in [1.165, 1.54) is 5.56 Å². The maximum absolute atomic E-state index is 6.09. The van der Waals surface area contributed by atoms with Crippen molar-refractivity contribution in [3.05, 3.63) is 53.9 Å². The van der Waals surface area contributed by atoms with Crippen LogP contribution < -0.4 is 10.6 Å². The van der Waals surface area contributed by atoms with Gasteiger partial charge in [0.15, 0.2) is 5.96 Å². The molecule has 2 N–H and O–H groups in total. The molecule has 1 aliphatic rings. The average molecular weight is 400 g/mol. The highest BCUT2D eigenvalue weighted by molar-refractivity contribution is 5.79. The number of rotatable bonds is 10. The predicted molar refractivity (Wildman–Crippen MR) is 115 cm³/mol. The third-order valence-corrected chi connectivity index (χ3v) is 4.99. The Bertz CT molecular complexity index is 697. The van der Waals surface area contributed by atoms with E-state index < -0.39 is 0 Å². The van der Waals surface area contributed by atoms with Crippen molar-refractivity contribution in [1.29, 1.82) is 0 Å². The van der Waals surface area contributed by atoms with Gasteiger partial charge < -0.3 is 19.9 Å². The van der Waals surface area contributed by atoms with Crippen LogP contribution in [0.2, 0.25) is 0 Å². The normalized spacial score (nSPS) is 16.1. The van der Waals surface area contributed by atoms with E-state index in [9.17, 15) is 0 Å². The number of nitrogens with one attached hydrogen (secondary N) is 2. The molecule has 1 saturated heterocycles. The number of hydrogen-bond donors (Lipinski definition) is 2. The van der Waals surface area contributed by atoms with Crippen LogP contribution in [0.1, 0.15) is 37.4 Å². The van der Waals surface area contributed by atoms with E-state index >= 15 is 0 Å². The van der Waals surface area contributed by atoms with Crippen LogP contribution >= 0.6 is 0 Å². The van der Waals surface area contributed by atoms with Crippen molar-refractivity contribution >= 4 is 5.96 Å². The molecule has 7 nitrogen and oxygen atoms in total. The molecule has 3 rings (SSSR count). The minimum Gasteiger partial charge on any atom is -0.378 e. The molecule has 7 heteroatoms. The second-order valence-corrected chi connectivity index (χ2v) is 7.30. The zero-order valence-corrected chi connectivity index (χ0v) is 17.3. The first kappa shape index (κ1) is 21.3. The number of benzene rings is 1. The van der Waals surface area contributed by atoms with Gasteiger partial charge >= 0.3 is 0 Å².